The van der Waals surface area contributed by atoms with Gasteiger partial charge >= 0.3 is 0 Å². The van der Waals surface area contributed by atoms with Gasteiger partial charge in [0.05, 0.1) is 11.4 Å². The molecule has 0 unspecified atom stereocenters. The van der Waals surface area contributed by atoms with E-state index in [1.165, 1.54) is 11.4 Å². The van der Waals surface area contributed by atoms with Gasteiger partial charge in [0, 0.05) is 37.6 Å². The Kier molecular flexibility index (Phi) is 6.79. The fourth-order valence-electron chi connectivity index (χ4n) is 2.83. The van der Waals surface area contributed by atoms with E-state index in [-0.39, 0.29) is 0 Å². The van der Waals surface area contributed by atoms with Gasteiger partial charge in [-0.1, -0.05) is 0 Å². The number of nitrogens with zero attached hydrogens (tertiary/aromatic N) is 2. The Morgan fingerprint density at radius 3 is 1.08 bits per heavy atom. The van der Waals surface area contributed by atoms with E-state index in [9.17, 15) is 0 Å². The molecule has 4 nitrogen and oxygen atoms in total. The summed E-state index contributed by atoms with van der Waals surface area (Å²) in [6, 6.07) is 17.0. The standard InChI is InChI=1S/C20H30N4/c1-5-23(6-2)19-13-9-17(10-14-19)21-22-18-11-15-20(16-12-18)24(7-3)8-4/h9-16,21-22H,5-8H2,1-4H3. The molecule has 0 amide bonds. The smallest absolute Gasteiger partial charge is 0.0541 e. The van der Waals surface area contributed by atoms with Gasteiger partial charge in [-0.3, -0.25) is 0 Å². The highest BCUT2D eigenvalue weighted by Crippen LogP contribution is 2.20. The van der Waals surface area contributed by atoms with E-state index in [4.69, 9.17) is 0 Å². The van der Waals surface area contributed by atoms with Crippen molar-refractivity contribution in [1.82, 2.24) is 0 Å². The van der Waals surface area contributed by atoms with Crippen molar-refractivity contribution in [3.05, 3.63) is 48.5 Å². The molecule has 0 aromatic heterocycles. The summed E-state index contributed by atoms with van der Waals surface area (Å²) in [5, 5.41) is 0. The zero-order valence-corrected chi connectivity index (χ0v) is 15.3. The Hall–Kier alpha value is -2.36. The fourth-order valence-corrected chi connectivity index (χ4v) is 2.83. The van der Waals surface area contributed by atoms with Crippen molar-refractivity contribution < 1.29 is 0 Å². The van der Waals surface area contributed by atoms with Gasteiger partial charge in [0.1, 0.15) is 0 Å². The van der Waals surface area contributed by atoms with Crippen LogP contribution in [0.15, 0.2) is 48.5 Å². The van der Waals surface area contributed by atoms with Crippen LogP contribution in [0.1, 0.15) is 27.7 Å². The summed E-state index contributed by atoms with van der Waals surface area (Å²) in [6.07, 6.45) is 0. The molecule has 0 atom stereocenters. The summed E-state index contributed by atoms with van der Waals surface area (Å²) in [7, 11) is 0. The molecule has 4 heteroatoms. The van der Waals surface area contributed by atoms with Crippen LogP contribution < -0.4 is 20.7 Å². The summed E-state index contributed by atoms with van der Waals surface area (Å²) >= 11 is 0. The molecule has 0 aliphatic rings. The Morgan fingerprint density at radius 2 is 0.833 bits per heavy atom. The lowest BCUT2D eigenvalue weighted by atomic mass is 10.2. The Balaban J connectivity index is 1.93. The van der Waals surface area contributed by atoms with Gasteiger partial charge in [-0.15, -0.1) is 0 Å². The second-order valence-corrected chi connectivity index (χ2v) is 5.69. The monoisotopic (exact) mass is 326 g/mol. The van der Waals surface area contributed by atoms with E-state index < -0.39 is 0 Å². The zero-order valence-electron chi connectivity index (χ0n) is 15.3. The van der Waals surface area contributed by atoms with Crippen LogP contribution in [0.2, 0.25) is 0 Å². The fraction of sp³-hybridized carbons (Fsp3) is 0.400. The quantitative estimate of drug-likeness (QED) is 0.647. The largest absolute Gasteiger partial charge is 0.372 e. The zero-order chi connectivity index (χ0) is 17.4. The van der Waals surface area contributed by atoms with Crippen molar-refractivity contribution >= 4 is 22.7 Å². The Labute approximate surface area is 146 Å². The number of benzene rings is 2. The van der Waals surface area contributed by atoms with E-state index in [1.807, 2.05) is 0 Å². The predicted octanol–water partition coefficient (Wildman–Crippen LogP) is 4.82. The summed E-state index contributed by atoms with van der Waals surface area (Å²) in [6.45, 7) is 12.8. The van der Waals surface area contributed by atoms with E-state index in [0.717, 1.165) is 37.6 Å². The summed E-state index contributed by atoms with van der Waals surface area (Å²) in [5.41, 5.74) is 11.1. The van der Waals surface area contributed by atoms with Crippen LogP contribution >= 0.6 is 0 Å². The first kappa shape index (κ1) is 18.0. The maximum Gasteiger partial charge on any atom is 0.0541 e. The van der Waals surface area contributed by atoms with Crippen LogP contribution in [0.4, 0.5) is 22.7 Å². The van der Waals surface area contributed by atoms with Crippen molar-refractivity contribution in [2.75, 3.05) is 46.8 Å². The van der Waals surface area contributed by atoms with Crippen LogP contribution in [0.3, 0.4) is 0 Å². The van der Waals surface area contributed by atoms with Crippen LogP contribution in [0, 0.1) is 0 Å². The molecule has 0 saturated carbocycles. The Bertz CT molecular complexity index is 529. The first-order valence-corrected chi connectivity index (χ1v) is 8.93. The molecule has 0 radical (unpaired) electrons. The van der Waals surface area contributed by atoms with Crippen molar-refractivity contribution in [1.29, 1.82) is 0 Å². The van der Waals surface area contributed by atoms with Crippen LogP contribution in [0.5, 0.6) is 0 Å². The van der Waals surface area contributed by atoms with Crippen molar-refractivity contribution in [2.24, 2.45) is 0 Å². The SMILES string of the molecule is CCN(CC)c1ccc(NNc2ccc(N(CC)CC)cc2)cc1. The third-order valence-electron chi connectivity index (χ3n) is 4.34. The van der Waals surface area contributed by atoms with E-state index >= 15 is 0 Å². The molecular formula is C20H30N4. The molecule has 0 aliphatic heterocycles. The first-order chi connectivity index (χ1) is 11.7. The Morgan fingerprint density at radius 1 is 0.542 bits per heavy atom. The lowest BCUT2D eigenvalue weighted by molar-refractivity contribution is 0.866. The highest BCUT2D eigenvalue weighted by atomic mass is 15.4. The normalized spacial score (nSPS) is 10.3. The van der Waals surface area contributed by atoms with Crippen molar-refractivity contribution in [3.63, 3.8) is 0 Å². The highest BCUT2D eigenvalue weighted by molar-refractivity contribution is 5.60. The molecule has 2 rings (SSSR count). The predicted molar refractivity (Wildman–Crippen MR) is 107 cm³/mol. The minimum Gasteiger partial charge on any atom is -0.372 e. The van der Waals surface area contributed by atoms with Gasteiger partial charge in [0.25, 0.3) is 0 Å². The number of hydrogen-bond donors (Lipinski definition) is 2. The molecule has 0 aliphatic carbocycles. The maximum absolute atomic E-state index is 3.26. The second-order valence-electron chi connectivity index (χ2n) is 5.69. The number of nitrogens with one attached hydrogen (secondary N) is 2. The molecule has 2 aromatic carbocycles. The number of rotatable bonds is 9. The lowest BCUT2D eigenvalue weighted by Gasteiger charge is -2.22. The van der Waals surface area contributed by atoms with E-state index in [1.54, 1.807) is 0 Å². The van der Waals surface area contributed by atoms with Gasteiger partial charge in [0.2, 0.25) is 0 Å². The molecular weight excluding hydrogens is 296 g/mol. The average molecular weight is 326 g/mol. The van der Waals surface area contributed by atoms with Crippen molar-refractivity contribution in [3.8, 4) is 0 Å². The van der Waals surface area contributed by atoms with Crippen molar-refractivity contribution in [2.45, 2.75) is 27.7 Å². The van der Waals surface area contributed by atoms with Crippen LogP contribution in [-0.4, -0.2) is 26.2 Å². The topological polar surface area (TPSA) is 30.5 Å². The number of hydrogen-bond acceptors (Lipinski definition) is 4. The molecule has 0 spiro atoms. The van der Waals surface area contributed by atoms with E-state index in [2.05, 4.69) is 96.9 Å². The summed E-state index contributed by atoms with van der Waals surface area (Å²) < 4.78 is 0. The van der Waals surface area contributed by atoms with Gasteiger partial charge in [0.15, 0.2) is 0 Å². The van der Waals surface area contributed by atoms with Gasteiger partial charge in [-0.25, -0.2) is 0 Å². The van der Waals surface area contributed by atoms with E-state index in [0.29, 0.717) is 0 Å². The van der Waals surface area contributed by atoms with Crippen LogP contribution in [0.25, 0.3) is 0 Å². The molecule has 0 heterocycles. The van der Waals surface area contributed by atoms with Crippen LogP contribution in [-0.2, 0) is 0 Å². The molecule has 0 saturated heterocycles. The molecule has 2 N–H and O–H groups in total. The molecule has 0 fully saturated rings. The molecule has 24 heavy (non-hydrogen) atoms. The summed E-state index contributed by atoms with van der Waals surface area (Å²) in [5.74, 6) is 0. The molecule has 130 valence electrons. The minimum absolute atomic E-state index is 1.03. The number of anilines is 4. The highest BCUT2D eigenvalue weighted by Gasteiger charge is 2.02. The third kappa shape index (κ3) is 4.57. The number of hydrazine groups is 1. The lowest BCUT2D eigenvalue weighted by Crippen LogP contribution is -2.21. The van der Waals surface area contributed by atoms with Gasteiger partial charge < -0.3 is 20.7 Å². The third-order valence-corrected chi connectivity index (χ3v) is 4.34. The van der Waals surface area contributed by atoms with Gasteiger partial charge in [-0.2, -0.15) is 0 Å². The van der Waals surface area contributed by atoms with Gasteiger partial charge in [-0.05, 0) is 76.2 Å². The molecule has 0 bridgehead atoms. The maximum atomic E-state index is 3.26. The summed E-state index contributed by atoms with van der Waals surface area (Å²) in [4.78, 5) is 4.67. The first-order valence-electron chi connectivity index (χ1n) is 8.93. The second kappa shape index (κ2) is 9.06. The average Bonchev–Trinajstić information content (AvgIpc) is 2.64. The minimum atomic E-state index is 1.03. The molecule has 2 aromatic rings.